The lowest BCUT2D eigenvalue weighted by Crippen LogP contribution is -2.33. The number of ether oxygens (including phenoxy) is 2. The van der Waals surface area contributed by atoms with Crippen LogP contribution in [0.4, 0.5) is 4.79 Å². The van der Waals surface area contributed by atoms with Crippen molar-refractivity contribution in [2.24, 2.45) is 0 Å². The van der Waals surface area contributed by atoms with Crippen LogP contribution in [0.5, 0.6) is 11.5 Å². The minimum absolute atomic E-state index is 0.0976. The van der Waals surface area contributed by atoms with E-state index >= 15 is 0 Å². The summed E-state index contributed by atoms with van der Waals surface area (Å²) in [6.07, 6.45) is 0.803. The number of alkyl carbamates (subject to hydrolysis) is 1. The summed E-state index contributed by atoms with van der Waals surface area (Å²) < 4.78 is 11.3. The average Bonchev–Trinajstić information content (AvgIpc) is 3.07. The van der Waals surface area contributed by atoms with Crippen LogP contribution in [0.1, 0.15) is 47.3 Å². The second-order valence-electron chi connectivity index (χ2n) is 7.92. The highest BCUT2D eigenvalue weighted by atomic mass is 35.5. The highest BCUT2D eigenvalue weighted by molar-refractivity contribution is 6.30. The first-order chi connectivity index (χ1) is 15.8. The van der Waals surface area contributed by atoms with Crippen molar-refractivity contribution in [2.45, 2.75) is 32.3 Å². The first-order valence-corrected chi connectivity index (χ1v) is 10.9. The molecule has 1 atom stereocenters. The molecule has 0 spiro atoms. The molecule has 6 nitrogen and oxygen atoms in total. The van der Waals surface area contributed by atoms with Crippen LogP contribution in [0.25, 0.3) is 0 Å². The highest BCUT2D eigenvalue weighted by Crippen LogP contribution is 2.34. The summed E-state index contributed by atoms with van der Waals surface area (Å²) in [5.41, 5.74) is 1.08. The third-order valence-electron chi connectivity index (χ3n) is 5.51. The predicted octanol–water partition coefficient (Wildman–Crippen LogP) is 5.80. The summed E-state index contributed by atoms with van der Waals surface area (Å²) in [4.78, 5) is 36.6. The molecule has 3 aromatic carbocycles. The van der Waals surface area contributed by atoms with Crippen molar-refractivity contribution in [1.29, 1.82) is 0 Å². The first-order valence-electron chi connectivity index (χ1n) is 10.6. The van der Waals surface area contributed by atoms with Gasteiger partial charge in [0, 0.05) is 21.7 Å². The molecule has 168 valence electrons. The number of rotatable bonds is 7. The van der Waals surface area contributed by atoms with Crippen molar-refractivity contribution in [2.75, 3.05) is 0 Å². The van der Waals surface area contributed by atoms with Gasteiger partial charge in [-0.05, 0) is 73.5 Å². The molecule has 3 aromatic rings. The molecule has 1 fully saturated rings. The van der Waals surface area contributed by atoms with Gasteiger partial charge in [-0.2, -0.15) is 0 Å². The Morgan fingerprint density at radius 1 is 1.03 bits per heavy atom. The van der Waals surface area contributed by atoms with E-state index in [1.165, 1.54) is 6.92 Å². The quantitative estimate of drug-likeness (QED) is 0.448. The second-order valence-corrected chi connectivity index (χ2v) is 8.35. The van der Waals surface area contributed by atoms with Gasteiger partial charge in [0.1, 0.15) is 11.5 Å². The topological polar surface area (TPSA) is 81.7 Å². The van der Waals surface area contributed by atoms with Gasteiger partial charge in [0.25, 0.3) is 5.91 Å². The number of ketones is 1. The van der Waals surface area contributed by atoms with Gasteiger partial charge in [0.2, 0.25) is 5.60 Å². The number of hydrogen-bond donors (Lipinski definition) is 1. The number of benzene rings is 3. The number of nitrogens with one attached hydrogen (secondary N) is 1. The van der Waals surface area contributed by atoms with Gasteiger partial charge in [-0.15, -0.1) is 0 Å². The van der Waals surface area contributed by atoms with Crippen molar-refractivity contribution in [3.05, 3.63) is 94.0 Å². The van der Waals surface area contributed by atoms with Crippen molar-refractivity contribution in [3.8, 4) is 11.5 Å². The van der Waals surface area contributed by atoms with E-state index in [0.29, 0.717) is 39.6 Å². The number of aryl methyl sites for hydroxylation is 1. The van der Waals surface area contributed by atoms with Crippen LogP contribution >= 0.6 is 11.6 Å². The molecule has 0 aliphatic carbocycles. The molecule has 2 amide bonds. The van der Waals surface area contributed by atoms with Gasteiger partial charge < -0.3 is 9.47 Å². The first kappa shape index (κ1) is 22.6. The largest absolute Gasteiger partial charge is 0.457 e. The van der Waals surface area contributed by atoms with Gasteiger partial charge in [-0.25, -0.2) is 4.79 Å². The van der Waals surface area contributed by atoms with Crippen LogP contribution < -0.4 is 10.1 Å². The van der Waals surface area contributed by atoms with E-state index in [1.807, 2.05) is 13.0 Å². The summed E-state index contributed by atoms with van der Waals surface area (Å²) in [5.74, 6) is 0.472. The zero-order valence-corrected chi connectivity index (χ0v) is 18.9. The molecule has 0 aromatic heterocycles. The molecule has 1 heterocycles. The van der Waals surface area contributed by atoms with Crippen molar-refractivity contribution >= 4 is 29.4 Å². The average molecular weight is 464 g/mol. The van der Waals surface area contributed by atoms with Crippen LogP contribution in [0.2, 0.25) is 5.02 Å². The molecule has 0 bridgehead atoms. The maximum atomic E-state index is 12.9. The van der Waals surface area contributed by atoms with Gasteiger partial charge >= 0.3 is 6.09 Å². The van der Waals surface area contributed by atoms with E-state index < -0.39 is 17.6 Å². The van der Waals surface area contributed by atoms with Crippen molar-refractivity contribution in [1.82, 2.24) is 5.32 Å². The monoisotopic (exact) mass is 463 g/mol. The number of cyclic esters (lactones) is 1. The molecule has 7 heteroatoms. The number of amides is 2. The fourth-order valence-corrected chi connectivity index (χ4v) is 3.82. The van der Waals surface area contributed by atoms with Gasteiger partial charge in [0.15, 0.2) is 5.78 Å². The van der Waals surface area contributed by atoms with Crippen LogP contribution in [0.3, 0.4) is 0 Å². The molecule has 4 rings (SSSR count). The van der Waals surface area contributed by atoms with E-state index in [-0.39, 0.29) is 5.78 Å². The minimum Gasteiger partial charge on any atom is -0.457 e. The molecule has 1 aliphatic rings. The third-order valence-corrected chi connectivity index (χ3v) is 5.76. The van der Waals surface area contributed by atoms with E-state index in [0.717, 1.165) is 12.0 Å². The normalized spacial score (nSPS) is 17.4. The molecular weight excluding hydrogens is 442 g/mol. The second kappa shape index (κ2) is 9.08. The molecule has 1 N–H and O–H groups in total. The van der Waals surface area contributed by atoms with Crippen LogP contribution in [0, 0.1) is 0 Å². The number of hydrogen-bond acceptors (Lipinski definition) is 5. The lowest BCUT2D eigenvalue weighted by Gasteiger charge is -2.20. The molecule has 0 unspecified atom stereocenters. The summed E-state index contributed by atoms with van der Waals surface area (Å²) in [7, 11) is 0. The van der Waals surface area contributed by atoms with Crippen LogP contribution in [0.15, 0.2) is 66.7 Å². The maximum absolute atomic E-state index is 12.9. The Morgan fingerprint density at radius 2 is 1.76 bits per heavy atom. The Bertz CT molecular complexity index is 1240. The molecular formula is C26H22ClNO5. The summed E-state index contributed by atoms with van der Waals surface area (Å²) in [5, 5.41) is 2.73. The molecule has 0 radical (unpaired) electrons. The van der Waals surface area contributed by atoms with Gasteiger partial charge in [0.05, 0.1) is 0 Å². The summed E-state index contributed by atoms with van der Waals surface area (Å²) in [6.45, 7) is 3.58. The Hall–Kier alpha value is -3.64. The zero-order valence-electron chi connectivity index (χ0n) is 18.2. The van der Waals surface area contributed by atoms with Crippen LogP contribution in [-0.4, -0.2) is 17.8 Å². The van der Waals surface area contributed by atoms with E-state index in [1.54, 1.807) is 60.7 Å². The van der Waals surface area contributed by atoms with E-state index in [9.17, 15) is 14.4 Å². The molecule has 1 saturated heterocycles. The number of carbonyl (C=O) groups excluding carboxylic acids is 3. The number of carbonyl (C=O) groups is 3. The molecule has 33 heavy (non-hydrogen) atoms. The summed E-state index contributed by atoms with van der Waals surface area (Å²) >= 11 is 5.93. The Kier molecular flexibility index (Phi) is 6.20. The van der Waals surface area contributed by atoms with Crippen molar-refractivity contribution in [3.63, 3.8) is 0 Å². The Labute approximate surface area is 196 Å². The minimum atomic E-state index is -1.42. The van der Waals surface area contributed by atoms with Gasteiger partial charge in [-0.1, -0.05) is 37.1 Å². The SMILES string of the molecule is CCCc1cc(C(=O)c2ccc(Cl)cc2)ccc1Oc1cccc([C@@]2(C)OC(=O)NC2=O)c1. The summed E-state index contributed by atoms with van der Waals surface area (Å²) in [6, 6.07) is 19.0. The fraction of sp³-hybridized carbons (Fsp3) is 0.192. The standard InChI is InChI=1S/C26H22ClNO5/c1-3-5-17-14-18(23(29)16-8-11-20(27)12-9-16)10-13-22(17)32-21-7-4-6-19(15-21)26(2)24(30)28-25(31)33-26/h4,6-15H,3,5H2,1-2H3,(H,28,30,31)/t26-/m1/s1. The van der Waals surface area contributed by atoms with Crippen molar-refractivity contribution < 1.29 is 23.9 Å². The molecule has 1 aliphatic heterocycles. The lowest BCUT2D eigenvalue weighted by atomic mass is 9.95. The predicted molar refractivity (Wildman–Crippen MR) is 124 cm³/mol. The Morgan fingerprint density at radius 3 is 2.42 bits per heavy atom. The van der Waals surface area contributed by atoms with E-state index in [2.05, 4.69) is 5.32 Å². The Balaban J connectivity index is 1.62. The zero-order chi connectivity index (χ0) is 23.6. The smallest absolute Gasteiger partial charge is 0.415 e. The maximum Gasteiger partial charge on any atom is 0.415 e. The van der Waals surface area contributed by atoms with Crippen LogP contribution in [-0.2, 0) is 21.6 Å². The highest BCUT2D eigenvalue weighted by Gasteiger charge is 2.46. The fourth-order valence-electron chi connectivity index (χ4n) is 3.70. The molecule has 0 saturated carbocycles. The van der Waals surface area contributed by atoms with Gasteiger partial charge in [-0.3, -0.25) is 14.9 Å². The number of imide groups is 1. The number of halogens is 1. The third kappa shape index (κ3) is 4.61. The van der Waals surface area contributed by atoms with E-state index in [4.69, 9.17) is 21.1 Å². The lowest BCUT2D eigenvalue weighted by molar-refractivity contribution is -0.130.